The fourth-order valence-electron chi connectivity index (χ4n) is 3.24. The van der Waals surface area contributed by atoms with Gasteiger partial charge in [-0.05, 0) is 25.0 Å². The Morgan fingerprint density at radius 2 is 2.09 bits per heavy atom. The van der Waals surface area contributed by atoms with Gasteiger partial charge in [-0.3, -0.25) is 4.98 Å². The van der Waals surface area contributed by atoms with Crippen LogP contribution >= 0.6 is 11.3 Å². The van der Waals surface area contributed by atoms with Crippen molar-refractivity contribution >= 4 is 37.6 Å². The van der Waals surface area contributed by atoms with Gasteiger partial charge in [0.25, 0.3) is 0 Å². The lowest BCUT2D eigenvalue weighted by Crippen LogP contribution is -2.21. The molecule has 2 heterocycles. The minimum Gasteiger partial charge on any atom is -0.494 e. The van der Waals surface area contributed by atoms with E-state index in [2.05, 4.69) is 16.4 Å². The van der Waals surface area contributed by atoms with E-state index in [0.717, 1.165) is 32.0 Å². The third kappa shape index (κ3) is 2.39. The van der Waals surface area contributed by atoms with Crippen molar-refractivity contribution in [2.45, 2.75) is 38.1 Å². The molecule has 0 amide bonds. The van der Waals surface area contributed by atoms with Gasteiger partial charge in [-0.2, -0.15) is 0 Å². The minimum atomic E-state index is 0.570. The summed E-state index contributed by atoms with van der Waals surface area (Å²) >= 11 is 1.71. The molecule has 0 bridgehead atoms. The summed E-state index contributed by atoms with van der Waals surface area (Å²) in [5, 5.41) is 5.69. The molecular formula is C17H19N3OS. The second-order valence-corrected chi connectivity index (χ2v) is 6.85. The predicted octanol–water partition coefficient (Wildman–Crippen LogP) is 4.60. The average molecular weight is 313 g/mol. The maximum Gasteiger partial charge on any atom is 0.184 e. The quantitative estimate of drug-likeness (QED) is 0.768. The number of methoxy groups -OCH3 is 1. The molecule has 1 aliphatic rings. The molecule has 1 N–H and O–H groups in total. The molecule has 2 aromatic heterocycles. The molecule has 4 nitrogen and oxygen atoms in total. The smallest absolute Gasteiger partial charge is 0.184 e. The van der Waals surface area contributed by atoms with E-state index in [1.807, 2.05) is 12.1 Å². The van der Waals surface area contributed by atoms with Gasteiger partial charge >= 0.3 is 0 Å². The van der Waals surface area contributed by atoms with Crippen LogP contribution in [0.2, 0.25) is 0 Å². The Kier molecular flexibility index (Phi) is 3.58. The van der Waals surface area contributed by atoms with Crippen LogP contribution in [0.1, 0.15) is 32.1 Å². The van der Waals surface area contributed by atoms with Gasteiger partial charge in [0.1, 0.15) is 11.3 Å². The normalized spacial score (nSPS) is 16.2. The summed E-state index contributed by atoms with van der Waals surface area (Å²) < 4.78 is 6.64. The van der Waals surface area contributed by atoms with Gasteiger partial charge in [0.2, 0.25) is 0 Å². The lowest BCUT2D eigenvalue weighted by molar-refractivity contribution is 0.419. The first-order valence-corrected chi connectivity index (χ1v) is 8.65. The van der Waals surface area contributed by atoms with E-state index in [9.17, 15) is 0 Å². The highest BCUT2D eigenvalue weighted by atomic mass is 32.1. The zero-order valence-corrected chi connectivity index (χ0v) is 13.4. The fraction of sp³-hybridized carbons (Fsp3) is 0.412. The highest BCUT2D eigenvalue weighted by Crippen LogP contribution is 2.37. The number of benzene rings is 1. The molecule has 4 rings (SSSR count). The number of anilines is 1. The summed E-state index contributed by atoms with van der Waals surface area (Å²) in [6.45, 7) is 0. The number of hydrogen-bond acceptors (Lipinski definition) is 5. The van der Waals surface area contributed by atoms with Gasteiger partial charge in [0.15, 0.2) is 5.13 Å². The second-order valence-electron chi connectivity index (χ2n) is 5.82. The Bertz CT molecular complexity index is 808. The molecule has 1 aromatic carbocycles. The van der Waals surface area contributed by atoms with E-state index in [1.165, 1.54) is 32.1 Å². The van der Waals surface area contributed by atoms with Crippen LogP contribution in [0.25, 0.3) is 21.1 Å². The van der Waals surface area contributed by atoms with Gasteiger partial charge in [-0.15, -0.1) is 0 Å². The molecule has 0 unspecified atom stereocenters. The lowest BCUT2D eigenvalue weighted by Gasteiger charge is -2.22. The van der Waals surface area contributed by atoms with Crippen LogP contribution in [0.3, 0.4) is 0 Å². The summed E-state index contributed by atoms with van der Waals surface area (Å²) in [5.41, 5.74) is 1.90. The number of rotatable bonds is 3. The van der Waals surface area contributed by atoms with Gasteiger partial charge in [0, 0.05) is 23.7 Å². The van der Waals surface area contributed by atoms with E-state index >= 15 is 0 Å². The Morgan fingerprint density at radius 3 is 2.91 bits per heavy atom. The molecule has 0 spiro atoms. The molecule has 0 saturated heterocycles. The van der Waals surface area contributed by atoms with Crippen LogP contribution < -0.4 is 10.1 Å². The first-order valence-electron chi connectivity index (χ1n) is 7.84. The topological polar surface area (TPSA) is 47.0 Å². The third-order valence-corrected chi connectivity index (χ3v) is 5.30. The number of hydrogen-bond donors (Lipinski definition) is 1. The molecule has 1 saturated carbocycles. The number of thiazole rings is 1. The number of pyridine rings is 1. The van der Waals surface area contributed by atoms with Crippen LogP contribution in [0.4, 0.5) is 5.13 Å². The average Bonchev–Trinajstić information content (AvgIpc) is 2.97. The van der Waals surface area contributed by atoms with E-state index in [1.54, 1.807) is 24.6 Å². The summed E-state index contributed by atoms with van der Waals surface area (Å²) in [6.07, 6.45) is 8.31. The highest BCUT2D eigenvalue weighted by Gasteiger charge is 2.17. The van der Waals surface area contributed by atoms with E-state index < -0.39 is 0 Å². The van der Waals surface area contributed by atoms with Crippen molar-refractivity contribution in [1.29, 1.82) is 0 Å². The lowest BCUT2D eigenvalue weighted by atomic mass is 9.96. The van der Waals surface area contributed by atoms with Crippen LogP contribution in [-0.4, -0.2) is 23.1 Å². The van der Waals surface area contributed by atoms with Gasteiger partial charge < -0.3 is 10.1 Å². The van der Waals surface area contributed by atoms with Gasteiger partial charge in [-0.1, -0.05) is 30.6 Å². The minimum absolute atomic E-state index is 0.570. The van der Waals surface area contributed by atoms with Gasteiger partial charge in [0.05, 0.1) is 17.3 Å². The molecule has 22 heavy (non-hydrogen) atoms. The molecule has 3 aromatic rings. The monoisotopic (exact) mass is 313 g/mol. The van der Waals surface area contributed by atoms with E-state index in [-0.39, 0.29) is 0 Å². The molecule has 0 radical (unpaired) electrons. The fourth-order valence-corrected chi connectivity index (χ4v) is 4.23. The Hall–Kier alpha value is -1.88. The number of nitrogens with one attached hydrogen (secondary N) is 1. The first-order chi connectivity index (χ1) is 10.8. The van der Waals surface area contributed by atoms with Crippen LogP contribution in [-0.2, 0) is 0 Å². The highest BCUT2D eigenvalue weighted by molar-refractivity contribution is 7.22. The number of fused-ring (bicyclic) bond motifs is 3. The van der Waals surface area contributed by atoms with Crippen molar-refractivity contribution in [2.24, 2.45) is 0 Å². The molecule has 5 heteroatoms. The van der Waals surface area contributed by atoms with Crippen LogP contribution in [0.15, 0.2) is 24.4 Å². The zero-order valence-electron chi connectivity index (χ0n) is 12.6. The zero-order chi connectivity index (χ0) is 14.9. The SMILES string of the molecule is COc1cc2sc(NC3CCCCC3)nc2c2cccnc12. The van der Waals surface area contributed by atoms with Crippen molar-refractivity contribution < 1.29 is 4.74 Å². The number of aromatic nitrogens is 2. The van der Waals surface area contributed by atoms with Crippen LogP contribution in [0, 0.1) is 0 Å². The van der Waals surface area contributed by atoms with Crippen molar-refractivity contribution in [3.8, 4) is 5.75 Å². The van der Waals surface area contributed by atoms with Gasteiger partial charge in [-0.25, -0.2) is 4.98 Å². The van der Waals surface area contributed by atoms with Crippen molar-refractivity contribution in [3.63, 3.8) is 0 Å². The third-order valence-electron chi connectivity index (χ3n) is 4.36. The summed E-state index contributed by atoms with van der Waals surface area (Å²) in [4.78, 5) is 9.27. The maximum atomic E-state index is 5.49. The molecule has 114 valence electrons. The van der Waals surface area contributed by atoms with Crippen molar-refractivity contribution in [3.05, 3.63) is 24.4 Å². The predicted molar refractivity (Wildman–Crippen MR) is 92.0 cm³/mol. The molecule has 0 aliphatic heterocycles. The Morgan fingerprint density at radius 1 is 1.23 bits per heavy atom. The summed E-state index contributed by atoms with van der Waals surface area (Å²) in [5.74, 6) is 0.816. The molecule has 0 atom stereocenters. The maximum absolute atomic E-state index is 5.49. The van der Waals surface area contributed by atoms with Crippen molar-refractivity contribution in [2.75, 3.05) is 12.4 Å². The number of nitrogens with zero attached hydrogens (tertiary/aromatic N) is 2. The summed E-state index contributed by atoms with van der Waals surface area (Å²) in [7, 11) is 1.69. The molecule has 1 fully saturated rings. The van der Waals surface area contributed by atoms with Crippen LogP contribution in [0.5, 0.6) is 5.75 Å². The Labute approximate surface area is 133 Å². The Balaban J connectivity index is 1.77. The number of ether oxygens (including phenoxy) is 1. The standard InChI is InChI=1S/C17H19N3OS/c1-21-13-10-14-16(12-8-5-9-18-15(12)13)20-17(22-14)19-11-6-3-2-4-7-11/h5,8-11H,2-4,6-7H2,1H3,(H,19,20). The van der Waals surface area contributed by atoms with Crippen molar-refractivity contribution in [1.82, 2.24) is 9.97 Å². The molecule has 1 aliphatic carbocycles. The first kappa shape index (κ1) is 13.8. The van der Waals surface area contributed by atoms with E-state index in [4.69, 9.17) is 9.72 Å². The summed E-state index contributed by atoms with van der Waals surface area (Å²) in [6, 6.07) is 6.64. The van der Waals surface area contributed by atoms with E-state index in [0.29, 0.717) is 6.04 Å². The second kappa shape index (κ2) is 5.72. The largest absolute Gasteiger partial charge is 0.494 e. The molecular weight excluding hydrogens is 294 g/mol.